The van der Waals surface area contributed by atoms with Gasteiger partial charge in [-0.2, -0.15) is 0 Å². The van der Waals surface area contributed by atoms with E-state index in [2.05, 4.69) is 39.4 Å². The maximum absolute atomic E-state index is 12.8. The van der Waals surface area contributed by atoms with Crippen molar-refractivity contribution >= 4 is 33.2 Å². The molecule has 4 rings (SSSR count). The zero-order valence-corrected chi connectivity index (χ0v) is 15.1. The van der Waals surface area contributed by atoms with Gasteiger partial charge in [-0.25, -0.2) is 0 Å². The number of nitrogens with one attached hydrogen (secondary N) is 1. The topological polar surface area (TPSA) is 45.5 Å². The van der Waals surface area contributed by atoms with E-state index in [9.17, 15) is 4.79 Å². The summed E-state index contributed by atoms with van der Waals surface area (Å²) in [6.07, 6.45) is 0.833. The third-order valence-electron chi connectivity index (χ3n) is 4.39. The van der Waals surface area contributed by atoms with Gasteiger partial charge in [-0.1, -0.05) is 36.4 Å². The normalized spacial score (nSPS) is 16.4. The van der Waals surface area contributed by atoms with Crippen molar-refractivity contribution in [3.63, 3.8) is 0 Å². The lowest BCUT2D eigenvalue weighted by Crippen LogP contribution is -2.37. The first kappa shape index (κ1) is 16.0. The number of hydrogen-bond donors (Lipinski definition) is 1. The fourth-order valence-electron chi connectivity index (χ4n) is 3.22. The molecule has 2 aromatic carbocycles. The van der Waals surface area contributed by atoms with Crippen LogP contribution in [0.15, 0.2) is 75.8 Å². The Kier molecular flexibility index (Phi) is 4.32. The molecular weight excluding hydrogens is 380 g/mol. The summed E-state index contributed by atoms with van der Waals surface area (Å²) >= 11 is 3.26. The van der Waals surface area contributed by atoms with Gasteiger partial charge in [-0.05, 0) is 58.2 Å². The Hall–Kier alpha value is -2.53. The maximum atomic E-state index is 12.8. The van der Waals surface area contributed by atoms with Crippen LogP contribution in [0, 0.1) is 0 Å². The van der Waals surface area contributed by atoms with Gasteiger partial charge in [0.1, 0.15) is 0 Å². The molecule has 0 fully saturated rings. The lowest BCUT2D eigenvalue weighted by Gasteiger charge is -2.34. The molecule has 0 aliphatic carbocycles. The summed E-state index contributed by atoms with van der Waals surface area (Å²) < 4.78 is 6.01. The molecule has 1 unspecified atom stereocenters. The summed E-state index contributed by atoms with van der Waals surface area (Å²) in [7, 11) is 0. The van der Waals surface area contributed by atoms with Gasteiger partial charge in [0.25, 0.3) is 5.91 Å². The molecule has 0 saturated carbocycles. The lowest BCUT2D eigenvalue weighted by atomic mass is 9.95. The van der Waals surface area contributed by atoms with Crippen molar-refractivity contribution in [2.75, 3.05) is 16.8 Å². The van der Waals surface area contributed by atoms with E-state index in [1.807, 2.05) is 36.4 Å². The predicted molar refractivity (Wildman–Crippen MR) is 102 cm³/mol. The van der Waals surface area contributed by atoms with Gasteiger partial charge in [0.2, 0.25) is 0 Å². The number of furan rings is 1. The number of hydrogen-bond acceptors (Lipinski definition) is 3. The molecule has 0 spiro atoms. The van der Waals surface area contributed by atoms with E-state index in [0.29, 0.717) is 17.0 Å². The molecule has 25 heavy (non-hydrogen) atoms. The van der Waals surface area contributed by atoms with Crippen LogP contribution in [0.5, 0.6) is 0 Å². The summed E-state index contributed by atoms with van der Waals surface area (Å²) in [6, 6.07) is 21.8. The minimum absolute atomic E-state index is 0.115. The molecule has 1 aliphatic heterocycles. The molecule has 2 heterocycles. The summed E-state index contributed by atoms with van der Waals surface area (Å²) in [4.78, 5) is 14.6. The van der Waals surface area contributed by atoms with E-state index in [4.69, 9.17) is 4.42 Å². The van der Waals surface area contributed by atoms with Crippen molar-refractivity contribution < 1.29 is 9.21 Å². The van der Waals surface area contributed by atoms with E-state index in [0.717, 1.165) is 23.4 Å². The van der Waals surface area contributed by atoms with Crippen molar-refractivity contribution in [2.45, 2.75) is 12.5 Å². The van der Waals surface area contributed by atoms with Gasteiger partial charge >= 0.3 is 0 Å². The zero-order valence-electron chi connectivity index (χ0n) is 13.5. The first-order valence-electron chi connectivity index (χ1n) is 8.20. The van der Waals surface area contributed by atoms with Gasteiger partial charge in [0.15, 0.2) is 10.4 Å². The highest BCUT2D eigenvalue weighted by Crippen LogP contribution is 2.36. The minimum Gasteiger partial charge on any atom is -0.444 e. The van der Waals surface area contributed by atoms with Crippen LogP contribution in [-0.4, -0.2) is 12.5 Å². The van der Waals surface area contributed by atoms with Crippen LogP contribution in [0.25, 0.3) is 0 Å². The van der Waals surface area contributed by atoms with Crippen LogP contribution in [0.3, 0.4) is 0 Å². The third-order valence-corrected chi connectivity index (χ3v) is 4.81. The highest BCUT2D eigenvalue weighted by atomic mass is 79.9. The molecular formula is C20H17BrN2O2. The average molecular weight is 397 g/mol. The number of anilines is 2. The van der Waals surface area contributed by atoms with Crippen molar-refractivity contribution in [3.05, 3.63) is 82.7 Å². The number of nitrogens with zero attached hydrogens (tertiary/aromatic N) is 1. The number of amides is 1. The first-order chi connectivity index (χ1) is 12.2. The van der Waals surface area contributed by atoms with Gasteiger partial charge in [-0.15, -0.1) is 0 Å². The van der Waals surface area contributed by atoms with Gasteiger partial charge in [-0.3, -0.25) is 4.79 Å². The molecule has 126 valence electrons. The van der Waals surface area contributed by atoms with Gasteiger partial charge in [0, 0.05) is 17.9 Å². The maximum Gasteiger partial charge on any atom is 0.294 e. The predicted octanol–water partition coefficient (Wildman–Crippen LogP) is 5.25. The van der Waals surface area contributed by atoms with Crippen LogP contribution >= 0.6 is 15.9 Å². The molecule has 0 saturated heterocycles. The number of rotatable bonds is 3. The average Bonchev–Trinajstić information content (AvgIpc) is 3.09. The molecule has 1 aromatic heterocycles. The summed E-state index contributed by atoms with van der Waals surface area (Å²) in [6.45, 7) is 0.638. The second kappa shape index (κ2) is 6.76. The molecule has 0 bridgehead atoms. The van der Waals surface area contributed by atoms with Crippen LogP contribution < -0.4 is 10.2 Å². The molecule has 4 nitrogen and oxygen atoms in total. The first-order valence-corrected chi connectivity index (χ1v) is 8.99. The summed E-state index contributed by atoms with van der Waals surface area (Å²) in [5.74, 6) is 0.229. The molecule has 1 N–H and O–H groups in total. The molecule has 1 aliphatic rings. The van der Waals surface area contributed by atoms with E-state index < -0.39 is 0 Å². The fraction of sp³-hybridized carbons (Fsp3) is 0.150. The monoisotopic (exact) mass is 396 g/mol. The van der Waals surface area contributed by atoms with Crippen LogP contribution in [0.4, 0.5) is 11.4 Å². The van der Waals surface area contributed by atoms with Crippen molar-refractivity contribution in [1.29, 1.82) is 0 Å². The third kappa shape index (κ3) is 3.20. The standard InChI is InChI=1S/C20H17BrN2O2/c21-19-11-10-18(25-19)20(24)23-13-12-16(15-8-4-5-9-17(15)23)22-14-6-2-1-3-7-14/h1-11,16,22H,12-13H2. The largest absolute Gasteiger partial charge is 0.444 e. The molecule has 3 aromatic rings. The highest BCUT2D eigenvalue weighted by molar-refractivity contribution is 9.10. The Morgan fingerprint density at radius 2 is 1.80 bits per heavy atom. The fourth-order valence-corrected chi connectivity index (χ4v) is 3.53. The smallest absolute Gasteiger partial charge is 0.294 e. The molecule has 5 heteroatoms. The number of halogens is 1. The molecule has 1 amide bonds. The second-order valence-corrected chi connectivity index (χ2v) is 6.75. The Bertz CT molecular complexity index is 891. The quantitative estimate of drug-likeness (QED) is 0.657. The lowest BCUT2D eigenvalue weighted by molar-refractivity contribution is 0.0956. The highest BCUT2D eigenvalue weighted by Gasteiger charge is 2.30. The van der Waals surface area contributed by atoms with E-state index in [-0.39, 0.29) is 11.9 Å². The van der Waals surface area contributed by atoms with Crippen LogP contribution in [0.1, 0.15) is 28.6 Å². The number of carbonyl (C=O) groups excluding carboxylic acids is 1. The number of para-hydroxylation sites is 2. The Labute approximate surface area is 154 Å². The van der Waals surface area contributed by atoms with E-state index >= 15 is 0 Å². The van der Waals surface area contributed by atoms with Crippen molar-refractivity contribution in [2.24, 2.45) is 0 Å². The molecule has 1 atom stereocenters. The van der Waals surface area contributed by atoms with Crippen molar-refractivity contribution in [3.8, 4) is 0 Å². The minimum atomic E-state index is -0.115. The van der Waals surface area contributed by atoms with Crippen LogP contribution in [-0.2, 0) is 0 Å². The SMILES string of the molecule is O=C(c1ccc(Br)o1)N1CCC(Nc2ccccc2)c2ccccc21. The Morgan fingerprint density at radius 3 is 2.56 bits per heavy atom. The van der Waals surface area contributed by atoms with Crippen molar-refractivity contribution in [1.82, 2.24) is 0 Å². The summed E-state index contributed by atoms with van der Waals surface area (Å²) in [5.41, 5.74) is 3.13. The van der Waals surface area contributed by atoms with Gasteiger partial charge < -0.3 is 14.6 Å². The number of carbonyl (C=O) groups is 1. The zero-order chi connectivity index (χ0) is 17.2. The Balaban J connectivity index is 1.64. The molecule has 0 radical (unpaired) electrons. The number of benzene rings is 2. The summed E-state index contributed by atoms with van der Waals surface area (Å²) in [5, 5.41) is 3.57. The van der Waals surface area contributed by atoms with Gasteiger partial charge in [0.05, 0.1) is 6.04 Å². The number of fused-ring (bicyclic) bond motifs is 1. The second-order valence-electron chi connectivity index (χ2n) is 5.97. The van der Waals surface area contributed by atoms with E-state index in [1.165, 1.54) is 0 Å². The van der Waals surface area contributed by atoms with E-state index in [1.54, 1.807) is 17.0 Å². The van der Waals surface area contributed by atoms with Crippen LogP contribution in [0.2, 0.25) is 0 Å². The Morgan fingerprint density at radius 1 is 1.04 bits per heavy atom.